The van der Waals surface area contributed by atoms with Crippen LogP contribution in [-0.2, 0) is 14.3 Å². The van der Waals surface area contributed by atoms with E-state index >= 15 is 0 Å². The molecule has 2 aliphatic heterocycles. The summed E-state index contributed by atoms with van der Waals surface area (Å²) in [5.41, 5.74) is 1.80. The number of methoxy groups -OCH3 is 1. The molecule has 0 spiro atoms. The maximum atomic E-state index is 12.6. The smallest absolute Gasteiger partial charge is 0.228 e. The van der Waals surface area contributed by atoms with Gasteiger partial charge >= 0.3 is 0 Å². The fourth-order valence-corrected chi connectivity index (χ4v) is 3.16. The number of nitrogens with zero attached hydrogens (tertiary/aromatic N) is 2. The zero-order valence-corrected chi connectivity index (χ0v) is 13.6. The molecular formula is C17H22N2O4. The third kappa shape index (κ3) is 3.17. The van der Waals surface area contributed by atoms with Crippen LogP contribution in [0.4, 0.5) is 5.69 Å². The minimum atomic E-state index is -0.286. The van der Waals surface area contributed by atoms with E-state index in [4.69, 9.17) is 9.47 Å². The summed E-state index contributed by atoms with van der Waals surface area (Å²) in [5, 5.41) is 0. The van der Waals surface area contributed by atoms with Gasteiger partial charge in [0.1, 0.15) is 5.75 Å². The maximum absolute atomic E-state index is 12.6. The van der Waals surface area contributed by atoms with E-state index in [-0.39, 0.29) is 24.2 Å². The van der Waals surface area contributed by atoms with Crippen LogP contribution >= 0.6 is 0 Å². The zero-order valence-electron chi connectivity index (χ0n) is 13.6. The van der Waals surface area contributed by atoms with Crippen LogP contribution in [0.3, 0.4) is 0 Å². The molecule has 0 radical (unpaired) electrons. The molecule has 0 bridgehead atoms. The monoisotopic (exact) mass is 318 g/mol. The molecule has 2 amide bonds. The van der Waals surface area contributed by atoms with Crippen molar-refractivity contribution in [2.24, 2.45) is 5.92 Å². The quantitative estimate of drug-likeness (QED) is 0.841. The van der Waals surface area contributed by atoms with Crippen molar-refractivity contribution < 1.29 is 19.1 Å². The van der Waals surface area contributed by atoms with Gasteiger partial charge in [0.05, 0.1) is 31.9 Å². The number of carbonyl (C=O) groups excluding carboxylic acids is 2. The van der Waals surface area contributed by atoms with E-state index in [2.05, 4.69) is 0 Å². The minimum Gasteiger partial charge on any atom is -0.495 e. The summed E-state index contributed by atoms with van der Waals surface area (Å²) in [6.07, 6.45) is 0.257. The lowest BCUT2D eigenvalue weighted by Gasteiger charge is -2.29. The second-order valence-corrected chi connectivity index (χ2v) is 6.02. The van der Waals surface area contributed by atoms with Crippen molar-refractivity contribution >= 4 is 17.5 Å². The number of hydrogen-bond donors (Lipinski definition) is 0. The molecule has 1 aromatic rings. The predicted molar refractivity (Wildman–Crippen MR) is 85.6 cm³/mol. The molecule has 2 saturated heterocycles. The maximum Gasteiger partial charge on any atom is 0.228 e. The molecule has 0 saturated carbocycles. The van der Waals surface area contributed by atoms with Crippen LogP contribution in [0.25, 0.3) is 0 Å². The van der Waals surface area contributed by atoms with Gasteiger partial charge in [-0.05, 0) is 24.6 Å². The topological polar surface area (TPSA) is 59.1 Å². The number of ether oxygens (including phenoxy) is 2. The summed E-state index contributed by atoms with van der Waals surface area (Å²) in [7, 11) is 1.59. The number of rotatable bonds is 3. The lowest BCUT2D eigenvalue weighted by atomic mass is 10.1. The van der Waals surface area contributed by atoms with Crippen molar-refractivity contribution in [2.75, 3.05) is 44.9 Å². The number of anilines is 1. The molecule has 124 valence electrons. The first-order valence-corrected chi connectivity index (χ1v) is 7.91. The SMILES string of the molecule is COc1ccc(C)cc1N1C[C@@H](C(=O)N2CCOCC2)CC1=O. The number of hydrogen-bond acceptors (Lipinski definition) is 4. The standard InChI is InChI=1S/C17H22N2O4/c1-12-3-4-15(22-2)14(9-12)19-11-13(10-16(19)20)17(21)18-5-7-23-8-6-18/h3-4,9,13H,5-8,10-11H2,1-2H3/t13-/m0/s1. The van der Waals surface area contributed by atoms with Crippen molar-refractivity contribution in [2.45, 2.75) is 13.3 Å². The Morgan fingerprint density at radius 3 is 2.74 bits per heavy atom. The van der Waals surface area contributed by atoms with Gasteiger partial charge in [0, 0.05) is 26.1 Å². The molecule has 0 aliphatic carbocycles. The number of benzene rings is 1. The molecule has 3 rings (SSSR count). The highest BCUT2D eigenvalue weighted by Crippen LogP contribution is 2.34. The summed E-state index contributed by atoms with van der Waals surface area (Å²) in [5.74, 6) is 0.394. The van der Waals surface area contributed by atoms with Crippen molar-refractivity contribution in [3.8, 4) is 5.75 Å². The molecule has 6 nitrogen and oxygen atoms in total. The Labute approximate surface area is 136 Å². The molecule has 1 aromatic carbocycles. The second-order valence-electron chi connectivity index (χ2n) is 6.02. The van der Waals surface area contributed by atoms with Crippen LogP contribution < -0.4 is 9.64 Å². The normalized spacial score (nSPS) is 21.7. The molecule has 2 aliphatic rings. The van der Waals surface area contributed by atoms with Crippen LogP contribution in [0, 0.1) is 12.8 Å². The molecule has 0 unspecified atom stereocenters. The summed E-state index contributed by atoms with van der Waals surface area (Å²) in [6, 6.07) is 5.73. The van der Waals surface area contributed by atoms with Gasteiger partial charge in [-0.2, -0.15) is 0 Å². The Morgan fingerprint density at radius 2 is 2.04 bits per heavy atom. The Balaban J connectivity index is 1.77. The second kappa shape index (κ2) is 6.58. The molecule has 2 heterocycles. The van der Waals surface area contributed by atoms with Gasteiger partial charge in [-0.1, -0.05) is 6.07 Å². The van der Waals surface area contributed by atoms with E-state index in [9.17, 15) is 9.59 Å². The molecule has 0 N–H and O–H groups in total. The Hall–Kier alpha value is -2.08. The fraction of sp³-hybridized carbons (Fsp3) is 0.529. The third-order valence-electron chi connectivity index (χ3n) is 4.42. The Bertz CT molecular complexity index is 611. The van der Waals surface area contributed by atoms with Gasteiger partial charge in [-0.25, -0.2) is 0 Å². The first kappa shape index (κ1) is 15.8. The van der Waals surface area contributed by atoms with E-state index < -0.39 is 0 Å². The van der Waals surface area contributed by atoms with E-state index in [1.807, 2.05) is 25.1 Å². The Morgan fingerprint density at radius 1 is 1.30 bits per heavy atom. The average molecular weight is 318 g/mol. The van der Waals surface area contributed by atoms with E-state index in [1.54, 1.807) is 16.9 Å². The minimum absolute atomic E-state index is 0.0273. The van der Waals surface area contributed by atoms with E-state index in [0.717, 1.165) is 11.3 Å². The number of carbonyl (C=O) groups is 2. The predicted octanol–water partition coefficient (Wildman–Crippen LogP) is 1.22. The molecule has 0 aromatic heterocycles. The number of aryl methyl sites for hydroxylation is 1. The van der Waals surface area contributed by atoms with Crippen LogP contribution in [0.5, 0.6) is 5.75 Å². The van der Waals surface area contributed by atoms with Gasteiger partial charge < -0.3 is 19.3 Å². The molecule has 23 heavy (non-hydrogen) atoms. The van der Waals surface area contributed by atoms with Gasteiger partial charge in [-0.15, -0.1) is 0 Å². The lowest BCUT2D eigenvalue weighted by molar-refractivity contribution is -0.139. The summed E-state index contributed by atoms with van der Waals surface area (Å²) >= 11 is 0. The van der Waals surface area contributed by atoms with Crippen molar-refractivity contribution in [1.82, 2.24) is 4.90 Å². The highest BCUT2D eigenvalue weighted by Gasteiger charge is 2.38. The van der Waals surface area contributed by atoms with Gasteiger partial charge in [0.25, 0.3) is 0 Å². The summed E-state index contributed by atoms with van der Waals surface area (Å²) in [4.78, 5) is 28.5. The Kier molecular flexibility index (Phi) is 4.52. The first-order valence-electron chi connectivity index (χ1n) is 7.91. The van der Waals surface area contributed by atoms with E-state index in [1.165, 1.54) is 0 Å². The summed E-state index contributed by atoms with van der Waals surface area (Å²) in [6.45, 7) is 4.74. The molecule has 2 fully saturated rings. The van der Waals surface area contributed by atoms with Gasteiger partial charge in [0.2, 0.25) is 11.8 Å². The van der Waals surface area contributed by atoms with Crippen LogP contribution in [0.2, 0.25) is 0 Å². The number of amides is 2. The van der Waals surface area contributed by atoms with Crippen LogP contribution in [0.15, 0.2) is 18.2 Å². The largest absolute Gasteiger partial charge is 0.495 e. The van der Waals surface area contributed by atoms with Crippen molar-refractivity contribution in [3.63, 3.8) is 0 Å². The third-order valence-corrected chi connectivity index (χ3v) is 4.42. The lowest BCUT2D eigenvalue weighted by Crippen LogP contribution is -2.44. The van der Waals surface area contributed by atoms with Crippen LogP contribution in [-0.4, -0.2) is 56.7 Å². The first-order chi connectivity index (χ1) is 11.1. The summed E-state index contributed by atoms with van der Waals surface area (Å²) < 4.78 is 10.6. The zero-order chi connectivity index (χ0) is 16.4. The average Bonchev–Trinajstić information content (AvgIpc) is 2.96. The van der Waals surface area contributed by atoms with Gasteiger partial charge in [0.15, 0.2) is 0 Å². The van der Waals surface area contributed by atoms with Crippen molar-refractivity contribution in [1.29, 1.82) is 0 Å². The van der Waals surface area contributed by atoms with Crippen molar-refractivity contribution in [3.05, 3.63) is 23.8 Å². The van der Waals surface area contributed by atoms with E-state index in [0.29, 0.717) is 38.6 Å². The number of morpholine rings is 1. The van der Waals surface area contributed by atoms with Gasteiger partial charge in [-0.3, -0.25) is 9.59 Å². The highest BCUT2D eigenvalue weighted by atomic mass is 16.5. The molecular weight excluding hydrogens is 296 g/mol. The van der Waals surface area contributed by atoms with Crippen LogP contribution in [0.1, 0.15) is 12.0 Å². The highest BCUT2D eigenvalue weighted by molar-refractivity contribution is 6.01. The fourth-order valence-electron chi connectivity index (χ4n) is 3.16. The molecule has 6 heteroatoms. The molecule has 1 atom stereocenters.